The molecule has 1 aromatic rings. The molecule has 1 aromatic carbocycles. The van der Waals surface area contributed by atoms with Crippen LogP contribution in [0.5, 0.6) is 0 Å². The average molecular weight is 382 g/mol. The van der Waals surface area contributed by atoms with Gasteiger partial charge in [-0.2, -0.15) is 4.31 Å². The first kappa shape index (κ1) is 19.3. The van der Waals surface area contributed by atoms with E-state index in [1.165, 1.54) is 4.31 Å². The fourth-order valence-corrected chi connectivity index (χ4v) is 4.64. The number of carbonyl (C=O) groups is 1. The van der Waals surface area contributed by atoms with Crippen molar-refractivity contribution in [1.82, 2.24) is 4.31 Å². The highest BCUT2D eigenvalue weighted by molar-refractivity contribution is 7.89. The van der Waals surface area contributed by atoms with Crippen LogP contribution in [0.2, 0.25) is 0 Å². The highest BCUT2D eigenvalue weighted by Gasteiger charge is 2.27. The number of anilines is 1. The molecule has 1 N–H and O–H groups in total. The van der Waals surface area contributed by atoms with Crippen LogP contribution in [0.3, 0.4) is 0 Å². The molecule has 7 nitrogen and oxygen atoms in total. The molecule has 1 amide bonds. The van der Waals surface area contributed by atoms with Crippen LogP contribution in [0.25, 0.3) is 0 Å². The molecule has 1 unspecified atom stereocenters. The van der Waals surface area contributed by atoms with Crippen molar-refractivity contribution in [3.63, 3.8) is 0 Å². The molecule has 2 heterocycles. The summed E-state index contributed by atoms with van der Waals surface area (Å²) in [5.74, 6) is -0.121. The van der Waals surface area contributed by atoms with Crippen LogP contribution in [0.15, 0.2) is 23.1 Å². The molecule has 0 bridgehead atoms. The van der Waals surface area contributed by atoms with E-state index >= 15 is 0 Å². The third-order valence-corrected chi connectivity index (χ3v) is 6.70. The fourth-order valence-electron chi connectivity index (χ4n) is 3.21. The van der Waals surface area contributed by atoms with Gasteiger partial charge in [-0.1, -0.05) is 6.07 Å². The lowest BCUT2D eigenvalue weighted by Crippen LogP contribution is -2.40. The van der Waals surface area contributed by atoms with Gasteiger partial charge in [-0.05, 0) is 43.9 Å². The van der Waals surface area contributed by atoms with Crippen molar-refractivity contribution in [2.75, 3.05) is 38.2 Å². The molecule has 2 aliphatic rings. The van der Waals surface area contributed by atoms with Crippen molar-refractivity contribution in [3.05, 3.63) is 23.8 Å². The van der Waals surface area contributed by atoms with Crippen molar-refractivity contribution in [3.8, 4) is 0 Å². The van der Waals surface area contributed by atoms with Crippen molar-refractivity contribution >= 4 is 21.6 Å². The Morgan fingerprint density at radius 3 is 2.73 bits per heavy atom. The minimum Gasteiger partial charge on any atom is -0.379 e. The molecule has 0 radical (unpaired) electrons. The number of benzene rings is 1. The smallest absolute Gasteiger partial charge is 0.243 e. The molecule has 2 aliphatic heterocycles. The minimum atomic E-state index is -3.58. The summed E-state index contributed by atoms with van der Waals surface area (Å²) < 4.78 is 37.7. The Labute approximate surface area is 154 Å². The molecule has 26 heavy (non-hydrogen) atoms. The van der Waals surface area contributed by atoms with Crippen LogP contribution < -0.4 is 5.32 Å². The van der Waals surface area contributed by atoms with E-state index in [1.807, 2.05) is 6.92 Å². The first-order valence-electron chi connectivity index (χ1n) is 9.07. The summed E-state index contributed by atoms with van der Waals surface area (Å²) in [5.41, 5.74) is 1.37. The van der Waals surface area contributed by atoms with Crippen molar-refractivity contribution < 1.29 is 22.7 Å². The van der Waals surface area contributed by atoms with Gasteiger partial charge in [0.05, 0.1) is 24.2 Å². The van der Waals surface area contributed by atoms with Gasteiger partial charge in [-0.15, -0.1) is 0 Å². The summed E-state index contributed by atoms with van der Waals surface area (Å²) in [6, 6.07) is 4.86. The Hall–Kier alpha value is -1.48. The van der Waals surface area contributed by atoms with Gasteiger partial charge in [-0.3, -0.25) is 4.79 Å². The zero-order chi connectivity index (χ0) is 18.6. The lowest BCUT2D eigenvalue weighted by Gasteiger charge is -2.26. The number of nitrogens with zero attached hydrogens (tertiary/aromatic N) is 1. The Balaban J connectivity index is 1.67. The number of ether oxygens (including phenoxy) is 2. The quantitative estimate of drug-likeness (QED) is 0.812. The molecule has 1 atom stereocenters. The SMILES string of the molecule is Cc1ccc(S(=O)(=O)N2CCOCC2)cc1NC(=O)CCC1CCCO1. The number of nitrogens with one attached hydrogen (secondary N) is 1. The second kappa shape index (κ2) is 8.47. The lowest BCUT2D eigenvalue weighted by atomic mass is 10.1. The maximum atomic E-state index is 12.8. The molecule has 0 spiro atoms. The first-order chi connectivity index (χ1) is 12.5. The van der Waals surface area contributed by atoms with Gasteiger partial charge in [-0.25, -0.2) is 8.42 Å². The molecule has 2 saturated heterocycles. The van der Waals surface area contributed by atoms with Gasteiger partial charge in [0.1, 0.15) is 0 Å². The van der Waals surface area contributed by atoms with Crippen LogP contribution in [0.4, 0.5) is 5.69 Å². The zero-order valence-electron chi connectivity index (χ0n) is 15.1. The van der Waals surface area contributed by atoms with E-state index in [1.54, 1.807) is 18.2 Å². The summed E-state index contributed by atoms with van der Waals surface area (Å²) in [4.78, 5) is 12.4. The third-order valence-electron chi connectivity index (χ3n) is 4.81. The van der Waals surface area contributed by atoms with Gasteiger partial charge in [0.2, 0.25) is 15.9 Å². The Morgan fingerprint density at radius 1 is 1.27 bits per heavy atom. The zero-order valence-corrected chi connectivity index (χ0v) is 15.9. The van der Waals surface area contributed by atoms with Gasteiger partial charge in [0.15, 0.2) is 0 Å². The van der Waals surface area contributed by atoms with E-state index in [9.17, 15) is 13.2 Å². The van der Waals surface area contributed by atoms with Gasteiger partial charge in [0, 0.05) is 31.8 Å². The molecule has 3 rings (SSSR count). The van der Waals surface area contributed by atoms with Crippen LogP contribution in [-0.4, -0.2) is 57.6 Å². The van der Waals surface area contributed by atoms with E-state index in [-0.39, 0.29) is 16.9 Å². The summed E-state index contributed by atoms with van der Waals surface area (Å²) in [6.07, 6.45) is 3.27. The summed E-state index contributed by atoms with van der Waals surface area (Å²) in [5, 5.41) is 2.85. The fraction of sp³-hybridized carbons (Fsp3) is 0.611. The highest BCUT2D eigenvalue weighted by Crippen LogP contribution is 2.24. The molecule has 8 heteroatoms. The van der Waals surface area contributed by atoms with Crippen molar-refractivity contribution in [1.29, 1.82) is 0 Å². The summed E-state index contributed by atoms with van der Waals surface area (Å²) in [7, 11) is -3.58. The molecule has 0 aromatic heterocycles. The Morgan fingerprint density at radius 2 is 2.04 bits per heavy atom. The number of hydrogen-bond acceptors (Lipinski definition) is 5. The summed E-state index contributed by atoms with van der Waals surface area (Å²) >= 11 is 0. The van der Waals surface area contributed by atoms with Crippen LogP contribution in [-0.2, 0) is 24.3 Å². The molecule has 0 saturated carbocycles. The van der Waals surface area contributed by atoms with E-state index in [2.05, 4.69) is 5.32 Å². The maximum absolute atomic E-state index is 12.8. The molecule has 144 valence electrons. The van der Waals surface area contributed by atoms with Crippen LogP contribution in [0, 0.1) is 6.92 Å². The maximum Gasteiger partial charge on any atom is 0.243 e. The average Bonchev–Trinajstić information content (AvgIpc) is 3.16. The van der Waals surface area contributed by atoms with Gasteiger partial charge >= 0.3 is 0 Å². The molecular formula is C18H26N2O5S. The predicted octanol–water partition coefficient (Wildman–Crippen LogP) is 1.91. The normalized spacial score (nSPS) is 21.7. The number of carbonyl (C=O) groups excluding carboxylic acids is 1. The predicted molar refractivity (Wildman–Crippen MR) is 97.6 cm³/mol. The first-order valence-corrected chi connectivity index (χ1v) is 10.5. The van der Waals surface area contributed by atoms with Gasteiger partial charge in [0.25, 0.3) is 0 Å². The summed E-state index contributed by atoms with van der Waals surface area (Å²) in [6.45, 7) is 4.11. The van der Waals surface area contributed by atoms with Crippen LogP contribution >= 0.6 is 0 Å². The van der Waals surface area contributed by atoms with Crippen LogP contribution in [0.1, 0.15) is 31.2 Å². The Kier molecular flexibility index (Phi) is 6.29. The number of amides is 1. The van der Waals surface area contributed by atoms with E-state index < -0.39 is 10.0 Å². The van der Waals surface area contributed by atoms with Crippen molar-refractivity contribution in [2.45, 2.75) is 43.6 Å². The van der Waals surface area contributed by atoms with Gasteiger partial charge < -0.3 is 14.8 Å². The number of sulfonamides is 1. The third kappa shape index (κ3) is 4.62. The van der Waals surface area contributed by atoms with E-state index in [0.29, 0.717) is 44.8 Å². The largest absolute Gasteiger partial charge is 0.379 e. The molecular weight excluding hydrogens is 356 g/mol. The Bertz CT molecular complexity index is 738. The minimum absolute atomic E-state index is 0.121. The number of morpholine rings is 1. The topological polar surface area (TPSA) is 84.9 Å². The lowest BCUT2D eigenvalue weighted by molar-refractivity contribution is -0.116. The van der Waals surface area contributed by atoms with Crippen molar-refractivity contribution in [2.24, 2.45) is 0 Å². The molecule has 0 aliphatic carbocycles. The second-order valence-electron chi connectivity index (χ2n) is 6.72. The number of rotatable bonds is 6. The number of hydrogen-bond donors (Lipinski definition) is 1. The highest BCUT2D eigenvalue weighted by atomic mass is 32.2. The van der Waals surface area contributed by atoms with E-state index in [4.69, 9.17) is 9.47 Å². The monoisotopic (exact) mass is 382 g/mol. The second-order valence-corrected chi connectivity index (χ2v) is 8.65. The molecule has 2 fully saturated rings. The van der Waals surface area contributed by atoms with E-state index in [0.717, 1.165) is 25.0 Å². The number of aryl methyl sites for hydroxylation is 1. The standard InChI is InChI=1S/C18H26N2O5S/c1-14-4-6-16(26(22,23)20-8-11-24-12-9-20)13-17(14)19-18(21)7-5-15-3-2-10-25-15/h4,6,13,15H,2-3,5,7-12H2,1H3,(H,19,21).